The lowest BCUT2D eigenvalue weighted by molar-refractivity contribution is -0.113. The van der Waals surface area contributed by atoms with Crippen LogP contribution in [0.1, 0.15) is 0 Å². The minimum atomic E-state index is -2.98. The van der Waals surface area contributed by atoms with Crippen molar-refractivity contribution in [2.45, 2.75) is 11.8 Å². The van der Waals surface area contributed by atoms with Crippen molar-refractivity contribution in [2.24, 2.45) is 0 Å². The minimum Gasteiger partial charge on any atom is -0.497 e. The summed E-state index contributed by atoms with van der Waals surface area (Å²) in [6.07, 6.45) is 0. The zero-order chi connectivity index (χ0) is 20.8. The molecule has 152 valence electrons. The first kappa shape index (κ1) is 20.9. The third-order valence-corrected chi connectivity index (χ3v) is 4.62. The zero-order valence-corrected chi connectivity index (χ0v) is 16.5. The Morgan fingerprint density at radius 1 is 1.24 bits per heavy atom. The highest BCUT2D eigenvalue weighted by Gasteiger charge is 2.13. The van der Waals surface area contributed by atoms with Gasteiger partial charge in [-0.1, -0.05) is 23.4 Å². The van der Waals surface area contributed by atoms with Crippen molar-refractivity contribution >= 4 is 35.0 Å². The second-order valence-corrected chi connectivity index (χ2v) is 6.80. The molecule has 2 aromatic carbocycles. The number of hydrogen-bond acceptors (Lipinski definition) is 7. The number of nitrogens with zero attached hydrogens (tertiary/aromatic N) is 2. The van der Waals surface area contributed by atoms with E-state index in [0.29, 0.717) is 17.3 Å². The Kier molecular flexibility index (Phi) is 6.89. The van der Waals surface area contributed by atoms with Crippen LogP contribution in [0.3, 0.4) is 0 Å². The van der Waals surface area contributed by atoms with Gasteiger partial charge in [0.05, 0.1) is 17.9 Å². The summed E-state index contributed by atoms with van der Waals surface area (Å²) in [6, 6.07) is 11.1. The molecule has 0 atom stereocenters. The molecule has 0 spiro atoms. The first-order chi connectivity index (χ1) is 13.9. The van der Waals surface area contributed by atoms with Crippen LogP contribution < -0.4 is 14.8 Å². The van der Waals surface area contributed by atoms with Crippen LogP contribution in [0.25, 0.3) is 11.5 Å². The number of carbonyl (C=O) groups is 1. The molecule has 7 nitrogen and oxygen atoms in total. The maximum absolute atomic E-state index is 12.2. The molecule has 0 aliphatic carbocycles. The van der Waals surface area contributed by atoms with Gasteiger partial charge in [0.2, 0.25) is 11.8 Å². The summed E-state index contributed by atoms with van der Waals surface area (Å²) in [5.41, 5.74) is 1.06. The number of anilines is 1. The monoisotopic (exact) mass is 441 g/mol. The van der Waals surface area contributed by atoms with Gasteiger partial charge in [0.25, 0.3) is 5.22 Å². The normalized spacial score (nSPS) is 10.8. The number of carbonyl (C=O) groups excluding carboxylic acids is 1. The van der Waals surface area contributed by atoms with Crippen LogP contribution in [0.4, 0.5) is 14.5 Å². The summed E-state index contributed by atoms with van der Waals surface area (Å²) in [7, 11) is 1.57. The van der Waals surface area contributed by atoms with E-state index in [1.807, 2.05) is 0 Å². The molecule has 1 aromatic heterocycles. The summed E-state index contributed by atoms with van der Waals surface area (Å²) >= 11 is 6.91. The van der Waals surface area contributed by atoms with Crippen LogP contribution in [0.15, 0.2) is 52.1 Å². The number of nitrogens with one attached hydrogen (secondary N) is 1. The van der Waals surface area contributed by atoms with Crippen LogP contribution in [0.5, 0.6) is 11.5 Å². The van der Waals surface area contributed by atoms with Gasteiger partial charge in [-0.25, -0.2) is 0 Å². The maximum atomic E-state index is 12.2. The van der Waals surface area contributed by atoms with E-state index in [2.05, 4.69) is 20.3 Å². The van der Waals surface area contributed by atoms with E-state index in [9.17, 15) is 13.6 Å². The van der Waals surface area contributed by atoms with E-state index in [0.717, 1.165) is 17.3 Å². The predicted octanol–water partition coefficient (Wildman–Crippen LogP) is 4.73. The topological polar surface area (TPSA) is 86.5 Å². The summed E-state index contributed by atoms with van der Waals surface area (Å²) in [6.45, 7) is -2.98. The van der Waals surface area contributed by atoms with Crippen molar-refractivity contribution in [3.8, 4) is 23.0 Å². The SMILES string of the molecule is COc1ccc(-c2nnc(SCC(=O)Nc3ccc(OC(F)F)c(Cl)c3)o2)cc1. The molecule has 1 amide bonds. The average molecular weight is 442 g/mol. The van der Waals surface area contributed by atoms with E-state index in [4.69, 9.17) is 20.8 Å². The average Bonchev–Trinajstić information content (AvgIpc) is 3.17. The van der Waals surface area contributed by atoms with Crippen LogP contribution in [0, 0.1) is 0 Å². The number of thioether (sulfide) groups is 1. The number of amides is 1. The van der Waals surface area contributed by atoms with E-state index < -0.39 is 6.61 Å². The lowest BCUT2D eigenvalue weighted by Gasteiger charge is -2.09. The second kappa shape index (κ2) is 9.57. The van der Waals surface area contributed by atoms with Crippen molar-refractivity contribution in [3.63, 3.8) is 0 Å². The van der Waals surface area contributed by atoms with Crippen molar-refractivity contribution in [3.05, 3.63) is 47.5 Å². The highest BCUT2D eigenvalue weighted by molar-refractivity contribution is 7.99. The summed E-state index contributed by atoms with van der Waals surface area (Å²) in [5, 5.41) is 10.6. The number of benzene rings is 2. The Hall–Kier alpha value is -2.85. The van der Waals surface area contributed by atoms with Gasteiger partial charge in [-0.3, -0.25) is 4.79 Å². The Labute approximate surface area is 173 Å². The van der Waals surface area contributed by atoms with Gasteiger partial charge in [0.1, 0.15) is 11.5 Å². The molecule has 1 heterocycles. The number of rotatable bonds is 8. The number of methoxy groups -OCH3 is 1. The van der Waals surface area contributed by atoms with Gasteiger partial charge in [-0.05, 0) is 42.5 Å². The molecule has 3 rings (SSSR count). The number of alkyl halides is 2. The predicted molar refractivity (Wildman–Crippen MR) is 104 cm³/mol. The lowest BCUT2D eigenvalue weighted by Crippen LogP contribution is -2.14. The van der Waals surface area contributed by atoms with E-state index in [1.165, 1.54) is 18.2 Å². The zero-order valence-electron chi connectivity index (χ0n) is 14.9. The Bertz CT molecular complexity index is 985. The number of halogens is 3. The summed E-state index contributed by atoms with van der Waals surface area (Å²) in [5.74, 6) is 0.478. The van der Waals surface area contributed by atoms with Crippen LogP contribution in [-0.2, 0) is 4.79 Å². The summed E-state index contributed by atoms with van der Waals surface area (Å²) < 4.78 is 39.3. The second-order valence-electron chi connectivity index (χ2n) is 5.46. The van der Waals surface area contributed by atoms with E-state index >= 15 is 0 Å². The highest BCUT2D eigenvalue weighted by Crippen LogP contribution is 2.29. The smallest absolute Gasteiger partial charge is 0.387 e. The Balaban J connectivity index is 1.54. The molecule has 0 saturated carbocycles. The van der Waals surface area contributed by atoms with Crippen LogP contribution in [0.2, 0.25) is 5.02 Å². The first-order valence-electron chi connectivity index (χ1n) is 8.09. The third kappa shape index (κ3) is 5.81. The molecule has 1 N–H and O–H groups in total. The molecule has 0 saturated heterocycles. The number of hydrogen-bond donors (Lipinski definition) is 1. The summed E-state index contributed by atoms with van der Waals surface area (Å²) in [4.78, 5) is 12.1. The van der Waals surface area contributed by atoms with Gasteiger partial charge < -0.3 is 19.2 Å². The third-order valence-electron chi connectivity index (χ3n) is 3.50. The molecule has 29 heavy (non-hydrogen) atoms. The first-order valence-corrected chi connectivity index (χ1v) is 9.46. The number of ether oxygens (including phenoxy) is 2. The largest absolute Gasteiger partial charge is 0.497 e. The quantitative estimate of drug-likeness (QED) is 0.505. The molecule has 0 aliphatic heterocycles. The van der Waals surface area contributed by atoms with Gasteiger partial charge in [0.15, 0.2) is 0 Å². The molecule has 11 heteroatoms. The fourth-order valence-corrected chi connectivity index (χ4v) is 3.00. The molecule has 0 unspecified atom stereocenters. The van der Waals surface area contributed by atoms with Gasteiger partial charge in [-0.15, -0.1) is 10.2 Å². The Morgan fingerprint density at radius 3 is 2.66 bits per heavy atom. The fourth-order valence-electron chi connectivity index (χ4n) is 2.21. The van der Waals surface area contributed by atoms with Gasteiger partial charge in [-0.2, -0.15) is 8.78 Å². The lowest BCUT2D eigenvalue weighted by atomic mass is 10.2. The molecule has 0 fully saturated rings. The van der Waals surface area contributed by atoms with Crippen LogP contribution in [-0.4, -0.2) is 35.6 Å². The highest BCUT2D eigenvalue weighted by atomic mass is 35.5. The molecule has 0 radical (unpaired) electrons. The van der Waals surface area contributed by atoms with Crippen molar-refractivity contribution in [1.82, 2.24) is 10.2 Å². The van der Waals surface area contributed by atoms with Gasteiger partial charge in [0, 0.05) is 11.3 Å². The van der Waals surface area contributed by atoms with Crippen molar-refractivity contribution in [2.75, 3.05) is 18.2 Å². The van der Waals surface area contributed by atoms with Crippen molar-refractivity contribution in [1.29, 1.82) is 0 Å². The molecule has 3 aromatic rings. The van der Waals surface area contributed by atoms with Crippen LogP contribution >= 0.6 is 23.4 Å². The molecular weight excluding hydrogens is 428 g/mol. The minimum absolute atomic E-state index is 0.00283. The Morgan fingerprint density at radius 2 is 2.00 bits per heavy atom. The number of aromatic nitrogens is 2. The maximum Gasteiger partial charge on any atom is 0.387 e. The standard InChI is InChI=1S/C18H14ClF2N3O4S/c1-26-12-5-2-10(3-6-12)16-23-24-18(28-16)29-9-15(25)22-11-4-7-14(13(19)8-11)27-17(20)21/h2-8,17H,9H2,1H3,(H,22,25). The van der Waals surface area contributed by atoms with Crippen molar-refractivity contribution < 1.29 is 27.5 Å². The van der Waals surface area contributed by atoms with Gasteiger partial charge >= 0.3 is 6.61 Å². The van der Waals surface area contributed by atoms with E-state index in [-0.39, 0.29) is 27.7 Å². The molecule has 0 aliphatic rings. The molecular formula is C18H14ClF2N3O4S. The van der Waals surface area contributed by atoms with E-state index in [1.54, 1.807) is 31.4 Å². The molecule has 0 bridgehead atoms. The fraction of sp³-hybridized carbons (Fsp3) is 0.167.